The average Bonchev–Trinajstić information content (AvgIpc) is 3.37. The summed E-state index contributed by atoms with van der Waals surface area (Å²) in [5.41, 5.74) is 2.70. The first-order valence-corrected chi connectivity index (χ1v) is 15.6. The largest absolute Gasteiger partial charge is 0.325 e. The highest BCUT2D eigenvalue weighted by molar-refractivity contribution is 8.00. The van der Waals surface area contributed by atoms with Crippen molar-refractivity contribution >= 4 is 54.9 Å². The van der Waals surface area contributed by atoms with E-state index in [0.29, 0.717) is 12.2 Å². The summed E-state index contributed by atoms with van der Waals surface area (Å²) in [5, 5.41) is 6.65. The lowest BCUT2D eigenvalue weighted by molar-refractivity contribution is -0.113. The van der Waals surface area contributed by atoms with E-state index in [9.17, 15) is 13.2 Å². The smallest absolute Gasteiger partial charge is 0.243 e. The minimum Gasteiger partial charge on any atom is -0.325 e. The molecule has 0 aliphatic carbocycles. The van der Waals surface area contributed by atoms with Crippen LogP contribution in [0.1, 0.15) is 32.6 Å². The molecule has 0 radical (unpaired) electrons. The van der Waals surface area contributed by atoms with Gasteiger partial charge in [0.2, 0.25) is 15.9 Å². The maximum absolute atomic E-state index is 13.2. The quantitative estimate of drug-likeness (QED) is 0.212. The zero-order valence-corrected chi connectivity index (χ0v) is 22.9. The van der Waals surface area contributed by atoms with Crippen molar-refractivity contribution in [2.75, 3.05) is 17.6 Å². The topological polar surface area (TPSA) is 92.3 Å². The lowest BCUT2D eigenvalue weighted by atomic mass is 10.0. The van der Waals surface area contributed by atoms with Crippen LogP contribution in [0.2, 0.25) is 0 Å². The summed E-state index contributed by atoms with van der Waals surface area (Å²) in [7, 11) is -3.55. The highest BCUT2D eigenvalue weighted by atomic mass is 32.2. The Hall–Kier alpha value is -2.79. The second-order valence-corrected chi connectivity index (χ2v) is 12.6. The van der Waals surface area contributed by atoms with Gasteiger partial charge in [-0.2, -0.15) is 4.31 Å². The lowest BCUT2D eigenvalue weighted by Gasteiger charge is -2.34. The predicted molar refractivity (Wildman–Crippen MR) is 150 cm³/mol. The first-order valence-electron chi connectivity index (χ1n) is 12.3. The highest BCUT2D eigenvalue weighted by Gasteiger charge is 2.32. The second kappa shape index (κ2) is 11.3. The number of rotatable bonds is 8. The van der Waals surface area contributed by atoms with Crippen LogP contribution in [0.15, 0.2) is 76.2 Å². The fourth-order valence-corrected chi connectivity index (χ4v) is 8.22. The number of fused-ring (bicyclic) bond motifs is 1. The van der Waals surface area contributed by atoms with E-state index >= 15 is 0 Å². The van der Waals surface area contributed by atoms with Crippen LogP contribution in [-0.2, 0) is 14.8 Å². The molecule has 1 N–H and O–H groups in total. The van der Waals surface area contributed by atoms with Crippen LogP contribution >= 0.6 is 23.1 Å². The third-order valence-corrected chi connectivity index (χ3v) is 10.4. The van der Waals surface area contributed by atoms with Gasteiger partial charge in [-0.25, -0.2) is 18.4 Å². The number of sulfonamides is 1. The lowest BCUT2D eigenvalue weighted by Crippen LogP contribution is -2.43. The molecule has 0 unspecified atom stereocenters. The molecule has 5 rings (SSSR count). The van der Waals surface area contributed by atoms with E-state index in [0.717, 1.165) is 52.1 Å². The van der Waals surface area contributed by atoms with Crippen molar-refractivity contribution in [3.63, 3.8) is 0 Å². The first-order chi connectivity index (χ1) is 18.0. The second-order valence-electron chi connectivity index (χ2n) is 8.91. The molecular weight excluding hydrogens is 525 g/mol. The van der Waals surface area contributed by atoms with E-state index in [1.165, 1.54) is 18.1 Å². The Bertz CT molecular complexity index is 1490. The zero-order chi connectivity index (χ0) is 25.8. The monoisotopic (exact) mass is 552 g/mol. The summed E-state index contributed by atoms with van der Waals surface area (Å²) in [6.07, 6.45) is 5.19. The Balaban J connectivity index is 1.26. The molecule has 7 nitrogen and oxygen atoms in total. The Morgan fingerprint density at radius 1 is 1.11 bits per heavy atom. The van der Waals surface area contributed by atoms with Crippen LogP contribution in [-0.4, -0.2) is 46.9 Å². The third-order valence-electron chi connectivity index (χ3n) is 6.55. The van der Waals surface area contributed by atoms with Gasteiger partial charge in [0.05, 0.1) is 16.0 Å². The van der Waals surface area contributed by atoms with Gasteiger partial charge in [0.15, 0.2) is 0 Å². The fraction of sp³-hybridized carbons (Fsp3) is 0.296. The van der Waals surface area contributed by atoms with Crippen LogP contribution in [0, 0.1) is 0 Å². The number of piperidine rings is 1. The van der Waals surface area contributed by atoms with E-state index in [1.54, 1.807) is 39.9 Å². The number of aromatic nitrogens is 2. The summed E-state index contributed by atoms with van der Waals surface area (Å²) in [6.45, 7) is 2.59. The minimum atomic E-state index is -3.55. The third kappa shape index (κ3) is 5.57. The van der Waals surface area contributed by atoms with Crippen molar-refractivity contribution in [2.24, 2.45) is 0 Å². The van der Waals surface area contributed by atoms with Gasteiger partial charge in [0, 0.05) is 29.2 Å². The number of nitrogens with zero attached hydrogens (tertiary/aromatic N) is 3. The standard InChI is InChI=1S/C27H28N4O3S3/c1-2-21-10-6-7-15-31(21)37(33,34)22-13-11-20(12-14-22)30-24(32)17-36-27-25-23(19-8-4-3-5-9-19)16-35-26(25)28-18-29-27/h3-5,8-9,11-14,16,18,21H,2,6-7,10,15,17H2,1H3,(H,30,32)/t21-/m0/s1. The normalized spacial score (nSPS) is 16.6. The molecule has 1 amide bonds. The van der Waals surface area contributed by atoms with Gasteiger partial charge in [0.25, 0.3) is 0 Å². The van der Waals surface area contributed by atoms with Gasteiger partial charge < -0.3 is 5.32 Å². The van der Waals surface area contributed by atoms with Gasteiger partial charge in [-0.05, 0) is 49.1 Å². The Labute approximate surface area is 225 Å². The molecule has 2 aromatic heterocycles. The number of anilines is 1. The molecule has 3 heterocycles. The molecule has 0 saturated carbocycles. The number of hydrogen-bond acceptors (Lipinski definition) is 7. The van der Waals surface area contributed by atoms with Crippen LogP contribution in [0.4, 0.5) is 5.69 Å². The number of carbonyl (C=O) groups excluding carboxylic acids is 1. The van der Waals surface area contributed by atoms with Crippen molar-refractivity contribution in [2.45, 2.75) is 48.6 Å². The van der Waals surface area contributed by atoms with E-state index in [4.69, 9.17) is 0 Å². The van der Waals surface area contributed by atoms with Crippen molar-refractivity contribution in [3.8, 4) is 11.1 Å². The number of benzene rings is 2. The summed E-state index contributed by atoms with van der Waals surface area (Å²) in [4.78, 5) is 22.7. The highest BCUT2D eigenvalue weighted by Crippen LogP contribution is 2.37. The van der Waals surface area contributed by atoms with Gasteiger partial charge >= 0.3 is 0 Å². The molecule has 0 spiro atoms. The molecule has 1 aliphatic heterocycles. The van der Waals surface area contributed by atoms with E-state index < -0.39 is 10.0 Å². The molecule has 4 aromatic rings. The van der Waals surface area contributed by atoms with Crippen molar-refractivity contribution in [1.29, 1.82) is 0 Å². The molecule has 1 atom stereocenters. The van der Waals surface area contributed by atoms with Gasteiger partial charge in [0.1, 0.15) is 16.2 Å². The number of carbonyl (C=O) groups is 1. The Kier molecular flexibility index (Phi) is 7.89. The Morgan fingerprint density at radius 3 is 2.65 bits per heavy atom. The average molecular weight is 553 g/mol. The Morgan fingerprint density at radius 2 is 1.89 bits per heavy atom. The van der Waals surface area contributed by atoms with Crippen LogP contribution in [0.5, 0.6) is 0 Å². The molecule has 37 heavy (non-hydrogen) atoms. The predicted octanol–water partition coefficient (Wildman–Crippen LogP) is 6.04. The molecule has 0 bridgehead atoms. The van der Waals surface area contributed by atoms with Gasteiger partial charge in [-0.3, -0.25) is 4.79 Å². The van der Waals surface area contributed by atoms with Gasteiger partial charge in [-0.1, -0.05) is 55.4 Å². The van der Waals surface area contributed by atoms with Crippen molar-refractivity contribution in [3.05, 3.63) is 66.3 Å². The van der Waals surface area contributed by atoms with E-state index in [-0.39, 0.29) is 22.6 Å². The summed E-state index contributed by atoms with van der Waals surface area (Å²) in [6, 6.07) is 16.6. The zero-order valence-electron chi connectivity index (χ0n) is 20.5. The molecule has 1 fully saturated rings. The molecule has 1 saturated heterocycles. The minimum absolute atomic E-state index is 0.0500. The molecule has 10 heteroatoms. The van der Waals surface area contributed by atoms with E-state index in [1.807, 2.05) is 37.3 Å². The number of nitrogens with one attached hydrogen (secondary N) is 1. The number of thioether (sulfide) groups is 1. The van der Waals surface area contributed by atoms with Crippen LogP contribution in [0.3, 0.4) is 0 Å². The van der Waals surface area contributed by atoms with Crippen LogP contribution < -0.4 is 5.32 Å². The summed E-state index contributed by atoms with van der Waals surface area (Å²) < 4.78 is 28.0. The molecule has 192 valence electrons. The van der Waals surface area contributed by atoms with Crippen molar-refractivity contribution < 1.29 is 13.2 Å². The summed E-state index contributed by atoms with van der Waals surface area (Å²) >= 11 is 2.92. The van der Waals surface area contributed by atoms with E-state index in [2.05, 4.69) is 20.7 Å². The number of amides is 1. The summed E-state index contributed by atoms with van der Waals surface area (Å²) in [5.74, 6) is -0.0201. The maximum Gasteiger partial charge on any atom is 0.243 e. The first kappa shape index (κ1) is 25.8. The van der Waals surface area contributed by atoms with Gasteiger partial charge in [-0.15, -0.1) is 11.3 Å². The molecular formula is C27H28N4O3S3. The maximum atomic E-state index is 13.2. The SMILES string of the molecule is CC[C@H]1CCCCN1S(=O)(=O)c1ccc(NC(=O)CSc2ncnc3scc(-c4ccccc4)c23)cc1. The molecule has 2 aromatic carbocycles. The number of hydrogen-bond donors (Lipinski definition) is 1. The van der Waals surface area contributed by atoms with Crippen LogP contribution in [0.25, 0.3) is 21.3 Å². The molecule has 1 aliphatic rings. The number of thiophene rings is 1. The fourth-order valence-electron chi connectivity index (χ4n) is 4.66. The van der Waals surface area contributed by atoms with Crippen molar-refractivity contribution in [1.82, 2.24) is 14.3 Å².